The van der Waals surface area contributed by atoms with Crippen LogP contribution >= 0.6 is 0 Å². The van der Waals surface area contributed by atoms with Gasteiger partial charge in [-0.25, -0.2) is 0 Å². The molecule has 16 heavy (non-hydrogen) atoms. The van der Waals surface area contributed by atoms with Crippen LogP contribution in [0.15, 0.2) is 29.3 Å². The lowest BCUT2D eigenvalue weighted by Gasteiger charge is -2.18. The number of benzene rings is 1. The summed E-state index contributed by atoms with van der Waals surface area (Å²) in [5.41, 5.74) is 1.83. The third kappa shape index (κ3) is 2.63. The van der Waals surface area contributed by atoms with Gasteiger partial charge in [-0.1, -0.05) is 31.4 Å². The first-order chi connectivity index (χ1) is 7.77. The summed E-state index contributed by atoms with van der Waals surface area (Å²) in [7, 11) is 0. The van der Waals surface area contributed by atoms with Gasteiger partial charge in [0.1, 0.15) is 5.75 Å². The van der Waals surface area contributed by atoms with Gasteiger partial charge in [0.2, 0.25) is 0 Å². The van der Waals surface area contributed by atoms with E-state index >= 15 is 0 Å². The van der Waals surface area contributed by atoms with Crippen LogP contribution in [-0.2, 0) is 0 Å². The molecule has 86 valence electrons. The van der Waals surface area contributed by atoms with Gasteiger partial charge in [0.25, 0.3) is 0 Å². The molecule has 1 fully saturated rings. The molecule has 1 aliphatic rings. The highest BCUT2D eigenvalue weighted by molar-refractivity contribution is 6.01. The van der Waals surface area contributed by atoms with E-state index in [1.54, 1.807) is 6.07 Å². The third-order valence-corrected chi connectivity index (χ3v) is 3.24. The van der Waals surface area contributed by atoms with Crippen LogP contribution in [0.25, 0.3) is 0 Å². The fraction of sp³-hybridized carbons (Fsp3) is 0.500. The first-order valence-electron chi connectivity index (χ1n) is 6.10. The second-order valence-corrected chi connectivity index (χ2v) is 4.52. The molecule has 1 N–H and O–H groups in total. The van der Waals surface area contributed by atoms with Crippen molar-refractivity contribution in [3.8, 4) is 5.75 Å². The van der Waals surface area contributed by atoms with Crippen LogP contribution < -0.4 is 0 Å². The van der Waals surface area contributed by atoms with Gasteiger partial charge >= 0.3 is 0 Å². The van der Waals surface area contributed by atoms with Crippen molar-refractivity contribution < 1.29 is 5.11 Å². The van der Waals surface area contributed by atoms with Crippen LogP contribution in [0.4, 0.5) is 0 Å². The molecular weight excluding hydrogens is 198 g/mol. The third-order valence-electron chi connectivity index (χ3n) is 3.24. The predicted octanol–water partition coefficient (Wildman–Crippen LogP) is 3.53. The smallest absolute Gasteiger partial charge is 0.124 e. The number of rotatable bonds is 2. The van der Waals surface area contributed by atoms with Crippen molar-refractivity contribution >= 4 is 5.71 Å². The Hall–Kier alpha value is -1.31. The normalized spacial score (nSPS) is 18.7. The summed E-state index contributed by atoms with van der Waals surface area (Å²) in [6.45, 7) is 1.99. The number of hydrogen-bond acceptors (Lipinski definition) is 2. The SMILES string of the molecule is C/C(=N\C1CCCCC1)c1ccccc1O. The Bertz CT molecular complexity index is 378. The van der Waals surface area contributed by atoms with Gasteiger partial charge in [-0.2, -0.15) is 0 Å². The van der Waals surface area contributed by atoms with E-state index < -0.39 is 0 Å². The molecule has 0 heterocycles. The Morgan fingerprint density at radius 1 is 1.19 bits per heavy atom. The average molecular weight is 217 g/mol. The van der Waals surface area contributed by atoms with Crippen LogP contribution in [0.5, 0.6) is 5.75 Å². The van der Waals surface area contributed by atoms with Crippen molar-refractivity contribution in [2.45, 2.75) is 45.1 Å². The topological polar surface area (TPSA) is 32.6 Å². The summed E-state index contributed by atoms with van der Waals surface area (Å²) >= 11 is 0. The van der Waals surface area contributed by atoms with Gasteiger partial charge in [-0.3, -0.25) is 4.99 Å². The maximum Gasteiger partial charge on any atom is 0.124 e. The second-order valence-electron chi connectivity index (χ2n) is 4.52. The van der Waals surface area contributed by atoms with Crippen molar-refractivity contribution in [3.05, 3.63) is 29.8 Å². The maximum atomic E-state index is 9.73. The molecule has 0 amide bonds. The van der Waals surface area contributed by atoms with Crippen LogP contribution in [0, 0.1) is 0 Å². The molecule has 0 atom stereocenters. The van der Waals surface area contributed by atoms with E-state index in [1.165, 1.54) is 32.1 Å². The summed E-state index contributed by atoms with van der Waals surface area (Å²) in [4.78, 5) is 4.72. The fourth-order valence-corrected chi connectivity index (χ4v) is 2.33. The first kappa shape index (κ1) is 11.2. The van der Waals surface area contributed by atoms with Crippen LogP contribution in [0.3, 0.4) is 0 Å². The highest BCUT2D eigenvalue weighted by Crippen LogP contribution is 2.23. The van der Waals surface area contributed by atoms with E-state index in [0.29, 0.717) is 11.8 Å². The Morgan fingerprint density at radius 2 is 1.88 bits per heavy atom. The van der Waals surface area contributed by atoms with Crippen molar-refractivity contribution in [1.82, 2.24) is 0 Å². The molecule has 2 rings (SSSR count). The molecule has 1 aliphatic carbocycles. The Labute approximate surface area is 97.0 Å². The Morgan fingerprint density at radius 3 is 2.56 bits per heavy atom. The number of aliphatic imine (C=N–C) groups is 1. The predicted molar refractivity (Wildman–Crippen MR) is 67.2 cm³/mol. The number of hydrogen-bond donors (Lipinski definition) is 1. The van der Waals surface area contributed by atoms with Crippen LogP contribution in [0.2, 0.25) is 0 Å². The molecule has 0 bridgehead atoms. The molecule has 1 saturated carbocycles. The van der Waals surface area contributed by atoms with E-state index in [1.807, 2.05) is 25.1 Å². The monoisotopic (exact) mass is 217 g/mol. The second kappa shape index (κ2) is 5.15. The quantitative estimate of drug-likeness (QED) is 0.755. The van der Waals surface area contributed by atoms with Gasteiger partial charge in [0.15, 0.2) is 0 Å². The molecule has 1 aromatic rings. The van der Waals surface area contributed by atoms with Crippen molar-refractivity contribution in [2.24, 2.45) is 4.99 Å². The minimum Gasteiger partial charge on any atom is -0.507 e. The van der Waals surface area contributed by atoms with E-state index in [2.05, 4.69) is 0 Å². The first-order valence-corrected chi connectivity index (χ1v) is 6.10. The van der Waals surface area contributed by atoms with Gasteiger partial charge < -0.3 is 5.11 Å². The lowest BCUT2D eigenvalue weighted by molar-refractivity contribution is 0.443. The number of phenols is 1. The molecule has 2 nitrogen and oxygen atoms in total. The molecular formula is C14H19NO. The molecule has 1 aromatic carbocycles. The number of phenolic OH excluding ortho intramolecular Hbond substituents is 1. The highest BCUT2D eigenvalue weighted by Gasteiger charge is 2.13. The summed E-state index contributed by atoms with van der Waals surface area (Å²) in [6, 6.07) is 7.89. The zero-order valence-electron chi connectivity index (χ0n) is 9.82. The number of aromatic hydroxyl groups is 1. The van der Waals surface area contributed by atoms with Crippen LogP contribution in [0.1, 0.15) is 44.6 Å². The summed E-state index contributed by atoms with van der Waals surface area (Å²) in [6.07, 6.45) is 6.34. The standard InChI is InChI=1S/C14H19NO/c1-11(13-9-5-6-10-14(13)16)15-12-7-3-2-4-8-12/h5-6,9-10,12,16H,2-4,7-8H2,1H3/b15-11+. The number of nitrogens with zero attached hydrogens (tertiary/aromatic N) is 1. The lowest BCUT2D eigenvalue weighted by atomic mass is 9.95. The summed E-state index contributed by atoms with van der Waals surface area (Å²) < 4.78 is 0. The largest absolute Gasteiger partial charge is 0.507 e. The van der Waals surface area contributed by atoms with Crippen molar-refractivity contribution in [1.29, 1.82) is 0 Å². The fourth-order valence-electron chi connectivity index (χ4n) is 2.33. The van der Waals surface area contributed by atoms with Gasteiger partial charge in [-0.05, 0) is 31.9 Å². The van der Waals surface area contributed by atoms with Gasteiger partial charge in [-0.15, -0.1) is 0 Å². The zero-order chi connectivity index (χ0) is 11.4. The van der Waals surface area contributed by atoms with Crippen molar-refractivity contribution in [3.63, 3.8) is 0 Å². The van der Waals surface area contributed by atoms with Gasteiger partial charge in [0, 0.05) is 11.3 Å². The van der Waals surface area contributed by atoms with Crippen molar-refractivity contribution in [2.75, 3.05) is 0 Å². The van der Waals surface area contributed by atoms with Gasteiger partial charge in [0.05, 0.1) is 6.04 Å². The van der Waals surface area contributed by atoms with E-state index in [4.69, 9.17) is 4.99 Å². The zero-order valence-corrected chi connectivity index (χ0v) is 9.82. The highest BCUT2D eigenvalue weighted by atomic mass is 16.3. The Kier molecular flexibility index (Phi) is 3.60. The maximum absolute atomic E-state index is 9.73. The summed E-state index contributed by atoms with van der Waals surface area (Å²) in [5, 5.41) is 9.73. The molecule has 0 saturated heterocycles. The lowest BCUT2D eigenvalue weighted by Crippen LogP contribution is -2.12. The minimum atomic E-state index is 0.333. The van der Waals surface area contributed by atoms with E-state index in [9.17, 15) is 5.11 Å². The van der Waals surface area contributed by atoms with E-state index in [-0.39, 0.29) is 0 Å². The molecule has 0 aromatic heterocycles. The molecule has 0 unspecified atom stereocenters. The van der Waals surface area contributed by atoms with E-state index in [0.717, 1.165) is 11.3 Å². The average Bonchev–Trinajstić information content (AvgIpc) is 2.31. The summed E-state index contributed by atoms with van der Waals surface area (Å²) in [5.74, 6) is 0.333. The molecule has 0 radical (unpaired) electrons. The molecule has 0 aliphatic heterocycles. The number of para-hydroxylation sites is 1. The Balaban J connectivity index is 2.14. The minimum absolute atomic E-state index is 0.333. The van der Waals surface area contributed by atoms with Crippen LogP contribution in [-0.4, -0.2) is 16.9 Å². The molecule has 2 heteroatoms. The molecule has 0 spiro atoms.